The monoisotopic (exact) mass is 235 g/mol. The summed E-state index contributed by atoms with van der Waals surface area (Å²) in [5.74, 6) is 1.27. The predicted molar refractivity (Wildman–Crippen MR) is 66.4 cm³/mol. The summed E-state index contributed by atoms with van der Waals surface area (Å²) in [4.78, 5) is 14.0. The van der Waals surface area contributed by atoms with Gasteiger partial charge in [-0.25, -0.2) is 0 Å². The summed E-state index contributed by atoms with van der Waals surface area (Å²) in [6.45, 7) is 3.90. The molecule has 1 fully saturated rings. The number of carbonyl (C=O) groups is 1. The molecule has 0 saturated carbocycles. The van der Waals surface area contributed by atoms with Gasteiger partial charge in [0.25, 0.3) is 0 Å². The summed E-state index contributed by atoms with van der Waals surface area (Å²) < 4.78 is 10.7. The van der Waals surface area contributed by atoms with Crippen LogP contribution in [0.3, 0.4) is 0 Å². The Kier molecular flexibility index (Phi) is 3.22. The second-order valence-electron chi connectivity index (χ2n) is 3.96. The van der Waals surface area contributed by atoms with Crippen LogP contribution in [0.2, 0.25) is 0 Å². The third kappa shape index (κ3) is 2.07. The van der Waals surface area contributed by atoms with E-state index in [9.17, 15) is 4.79 Å². The zero-order valence-corrected chi connectivity index (χ0v) is 10.4. The van der Waals surface area contributed by atoms with E-state index in [0.717, 1.165) is 18.8 Å². The Morgan fingerprint density at radius 3 is 2.35 bits per heavy atom. The van der Waals surface area contributed by atoms with Gasteiger partial charge in [-0.15, -0.1) is 0 Å². The number of anilines is 1. The maximum atomic E-state index is 11.8. The molecule has 1 heterocycles. The standard InChI is InChI=1S/C13H17NO3/c1-4-11(15)9-5-6-10(14-7-8-14)13(17-3)12(9)16-2/h5-6H,4,7-8H2,1-3H3. The van der Waals surface area contributed by atoms with Gasteiger partial charge >= 0.3 is 0 Å². The summed E-state index contributed by atoms with van der Waals surface area (Å²) in [6, 6.07) is 3.75. The predicted octanol–water partition coefficient (Wildman–Crippen LogP) is 2.12. The number of carbonyl (C=O) groups excluding carboxylic acids is 1. The Bertz CT molecular complexity index is 439. The Morgan fingerprint density at radius 1 is 1.24 bits per heavy atom. The van der Waals surface area contributed by atoms with Gasteiger partial charge in [-0.1, -0.05) is 6.92 Å². The lowest BCUT2D eigenvalue weighted by Crippen LogP contribution is -2.05. The first-order valence-corrected chi connectivity index (χ1v) is 5.76. The van der Waals surface area contributed by atoms with E-state index in [-0.39, 0.29) is 5.78 Å². The second kappa shape index (κ2) is 4.65. The van der Waals surface area contributed by atoms with Crippen LogP contribution in [-0.4, -0.2) is 33.1 Å². The van der Waals surface area contributed by atoms with Crippen LogP contribution < -0.4 is 14.4 Å². The average molecular weight is 235 g/mol. The fourth-order valence-corrected chi connectivity index (χ4v) is 1.90. The second-order valence-corrected chi connectivity index (χ2v) is 3.96. The minimum absolute atomic E-state index is 0.0671. The molecule has 1 aromatic carbocycles. The Hall–Kier alpha value is -1.71. The molecule has 0 unspecified atom stereocenters. The number of Topliss-reactive ketones (excluding diaryl/α,β-unsaturated/α-hetero) is 1. The van der Waals surface area contributed by atoms with Gasteiger partial charge in [0, 0.05) is 19.5 Å². The largest absolute Gasteiger partial charge is 0.492 e. The third-order valence-electron chi connectivity index (χ3n) is 2.91. The molecule has 92 valence electrons. The molecule has 1 aromatic rings. The van der Waals surface area contributed by atoms with Crippen molar-refractivity contribution in [2.75, 3.05) is 32.2 Å². The molecule has 0 spiro atoms. The zero-order valence-electron chi connectivity index (χ0n) is 10.4. The van der Waals surface area contributed by atoms with E-state index in [1.54, 1.807) is 14.2 Å². The molecule has 4 nitrogen and oxygen atoms in total. The highest BCUT2D eigenvalue weighted by Gasteiger charge is 2.26. The van der Waals surface area contributed by atoms with Gasteiger partial charge in [0.15, 0.2) is 17.3 Å². The number of benzene rings is 1. The van der Waals surface area contributed by atoms with Crippen molar-refractivity contribution in [3.8, 4) is 11.5 Å². The van der Waals surface area contributed by atoms with E-state index in [1.807, 2.05) is 19.1 Å². The van der Waals surface area contributed by atoms with Crippen LogP contribution in [0.25, 0.3) is 0 Å². The molecule has 0 amide bonds. The highest BCUT2D eigenvalue weighted by atomic mass is 16.5. The van der Waals surface area contributed by atoms with Crippen LogP contribution in [0, 0.1) is 0 Å². The van der Waals surface area contributed by atoms with Crippen molar-refractivity contribution in [1.82, 2.24) is 0 Å². The van der Waals surface area contributed by atoms with Crippen molar-refractivity contribution < 1.29 is 14.3 Å². The summed E-state index contributed by atoms with van der Waals surface area (Å²) in [5.41, 5.74) is 1.59. The number of hydrogen-bond donors (Lipinski definition) is 0. The van der Waals surface area contributed by atoms with Gasteiger partial charge in [0.2, 0.25) is 0 Å². The maximum Gasteiger partial charge on any atom is 0.184 e. The van der Waals surface area contributed by atoms with Gasteiger partial charge in [-0.3, -0.25) is 4.79 Å². The molecule has 1 aliphatic heterocycles. The summed E-state index contributed by atoms with van der Waals surface area (Å²) in [5, 5.41) is 0. The smallest absolute Gasteiger partial charge is 0.184 e. The van der Waals surface area contributed by atoms with E-state index in [0.29, 0.717) is 23.5 Å². The molecule has 0 aromatic heterocycles. The lowest BCUT2D eigenvalue weighted by Gasteiger charge is -2.16. The summed E-state index contributed by atoms with van der Waals surface area (Å²) in [7, 11) is 3.17. The molecular formula is C13H17NO3. The molecule has 0 N–H and O–H groups in total. The molecule has 4 heteroatoms. The quantitative estimate of drug-likeness (QED) is 0.579. The van der Waals surface area contributed by atoms with Crippen LogP contribution in [0.1, 0.15) is 23.7 Å². The van der Waals surface area contributed by atoms with Crippen molar-refractivity contribution in [3.63, 3.8) is 0 Å². The molecule has 0 radical (unpaired) electrons. The number of rotatable bonds is 5. The zero-order chi connectivity index (χ0) is 12.4. The highest BCUT2D eigenvalue weighted by molar-refractivity contribution is 6.00. The molecule has 17 heavy (non-hydrogen) atoms. The summed E-state index contributed by atoms with van der Waals surface area (Å²) >= 11 is 0. The van der Waals surface area contributed by atoms with Gasteiger partial charge in [-0.05, 0) is 12.1 Å². The number of methoxy groups -OCH3 is 2. The molecule has 0 atom stereocenters. The van der Waals surface area contributed by atoms with E-state index in [1.165, 1.54) is 0 Å². The van der Waals surface area contributed by atoms with Crippen LogP contribution in [0.15, 0.2) is 12.1 Å². The lowest BCUT2D eigenvalue weighted by atomic mass is 10.1. The molecule has 0 bridgehead atoms. The van der Waals surface area contributed by atoms with Gasteiger partial charge in [-0.2, -0.15) is 0 Å². The molecular weight excluding hydrogens is 218 g/mol. The minimum Gasteiger partial charge on any atom is -0.492 e. The van der Waals surface area contributed by atoms with Crippen LogP contribution in [0.4, 0.5) is 5.69 Å². The lowest BCUT2D eigenvalue weighted by molar-refractivity contribution is 0.0984. The SMILES string of the molecule is CCC(=O)c1ccc(N2CC2)c(OC)c1OC. The van der Waals surface area contributed by atoms with Gasteiger partial charge in [0.05, 0.1) is 25.5 Å². The van der Waals surface area contributed by atoms with Gasteiger partial charge < -0.3 is 14.4 Å². The fraction of sp³-hybridized carbons (Fsp3) is 0.462. The van der Waals surface area contributed by atoms with E-state index >= 15 is 0 Å². The molecule has 0 aliphatic carbocycles. The number of ketones is 1. The number of nitrogens with zero attached hydrogens (tertiary/aromatic N) is 1. The molecule has 1 aliphatic rings. The topological polar surface area (TPSA) is 38.5 Å². The Balaban J connectivity index is 2.52. The fourth-order valence-electron chi connectivity index (χ4n) is 1.90. The van der Waals surface area contributed by atoms with Crippen molar-refractivity contribution in [1.29, 1.82) is 0 Å². The van der Waals surface area contributed by atoms with Crippen LogP contribution in [-0.2, 0) is 0 Å². The van der Waals surface area contributed by atoms with Crippen molar-refractivity contribution in [2.45, 2.75) is 13.3 Å². The normalized spacial score (nSPS) is 13.5. The first kappa shape index (κ1) is 11.8. The highest BCUT2D eigenvalue weighted by Crippen LogP contribution is 2.42. The van der Waals surface area contributed by atoms with Crippen LogP contribution >= 0.6 is 0 Å². The van der Waals surface area contributed by atoms with Crippen molar-refractivity contribution >= 4 is 11.5 Å². The Morgan fingerprint density at radius 2 is 1.88 bits per heavy atom. The first-order chi connectivity index (χ1) is 8.22. The van der Waals surface area contributed by atoms with E-state index in [4.69, 9.17) is 9.47 Å². The average Bonchev–Trinajstić information content (AvgIpc) is 3.19. The van der Waals surface area contributed by atoms with E-state index in [2.05, 4.69) is 4.90 Å². The van der Waals surface area contributed by atoms with Crippen molar-refractivity contribution in [3.05, 3.63) is 17.7 Å². The minimum atomic E-state index is 0.0671. The molecule has 2 rings (SSSR count). The van der Waals surface area contributed by atoms with Crippen LogP contribution in [0.5, 0.6) is 11.5 Å². The maximum absolute atomic E-state index is 11.8. The van der Waals surface area contributed by atoms with E-state index < -0.39 is 0 Å². The van der Waals surface area contributed by atoms with Gasteiger partial charge in [0.1, 0.15) is 0 Å². The third-order valence-corrected chi connectivity index (χ3v) is 2.91. The number of ether oxygens (including phenoxy) is 2. The summed E-state index contributed by atoms with van der Waals surface area (Å²) in [6.07, 6.45) is 0.461. The first-order valence-electron chi connectivity index (χ1n) is 5.76. The Labute approximate surface area is 101 Å². The molecule has 1 saturated heterocycles. The number of hydrogen-bond acceptors (Lipinski definition) is 4. The van der Waals surface area contributed by atoms with Crippen molar-refractivity contribution in [2.24, 2.45) is 0 Å².